The third kappa shape index (κ3) is 2.28. The van der Waals surface area contributed by atoms with Gasteiger partial charge in [0.2, 0.25) is 0 Å². The maximum Gasteiger partial charge on any atom is 0.348 e. The zero-order chi connectivity index (χ0) is 12.3. The number of H-pyrrole nitrogens is 1. The van der Waals surface area contributed by atoms with Crippen LogP contribution in [0, 0.1) is 12.3 Å². The SMILES string of the molecule is C#CC(CCC)Nc1cc2n[nH]c(=O)n2cn1. The number of nitrogens with zero attached hydrogens (tertiary/aromatic N) is 3. The number of fused-ring (bicyclic) bond motifs is 1. The number of rotatable bonds is 4. The van der Waals surface area contributed by atoms with Crippen LogP contribution in [0.3, 0.4) is 0 Å². The zero-order valence-electron chi connectivity index (χ0n) is 9.47. The standard InChI is InChI=1S/C11H13N5O/c1-3-5-8(4-2)13-9-6-10-14-15-11(17)16(10)7-12-9/h2,6-8,13H,3,5H2,1H3,(H,15,17). The van der Waals surface area contributed by atoms with Gasteiger partial charge in [-0.15, -0.1) is 6.42 Å². The van der Waals surface area contributed by atoms with Crippen molar-refractivity contribution >= 4 is 11.5 Å². The molecule has 6 heteroatoms. The second-order valence-electron chi connectivity index (χ2n) is 3.68. The van der Waals surface area contributed by atoms with Crippen LogP contribution in [-0.4, -0.2) is 25.6 Å². The third-order valence-corrected chi connectivity index (χ3v) is 2.41. The molecule has 17 heavy (non-hydrogen) atoms. The monoisotopic (exact) mass is 231 g/mol. The van der Waals surface area contributed by atoms with Crippen LogP contribution in [0.2, 0.25) is 0 Å². The zero-order valence-corrected chi connectivity index (χ0v) is 9.47. The van der Waals surface area contributed by atoms with Crippen LogP contribution < -0.4 is 11.0 Å². The fourth-order valence-electron chi connectivity index (χ4n) is 1.55. The molecule has 0 amide bonds. The lowest BCUT2D eigenvalue weighted by Crippen LogP contribution is -2.18. The number of hydrogen-bond acceptors (Lipinski definition) is 4. The Labute approximate surface area is 98.1 Å². The molecule has 2 rings (SSSR count). The molecule has 1 atom stereocenters. The van der Waals surface area contributed by atoms with Crippen molar-refractivity contribution in [1.82, 2.24) is 19.6 Å². The van der Waals surface area contributed by atoms with Gasteiger partial charge in [0.1, 0.15) is 12.1 Å². The van der Waals surface area contributed by atoms with Crippen molar-refractivity contribution in [1.29, 1.82) is 0 Å². The molecule has 2 heterocycles. The fraction of sp³-hybridized carbons (Fsp3) is 0.364. The summed E-state index contributed by atoms with van der Waals surface area (Å²) in [6.45, 7) is 2.07. The molecule has 0 spiro atoms. The summed E-state index contributed by atoms with van der Waals surface area (Å²) in [7, 11) is 0. The number of anilines is 1. The Hall–Kier alpha value is -2.29. The topological polar surface area (TPSA) is 75.1 Å². The van der Waals surface area contributed by atoms with Crippen LogP contribution in [0.1, 0.15) is 19.8 Å². The van der Waals surface area contributed by atoms with Gasteiger partial charge in [0.25, 0.3) is 0 Å². The lowest BCUT2D eigenvalue weighted by atomic mass is 10.2. The maximum absolute atomic E-state index is 11.2. The van der Waals surface area contributed by atoms with Crippen LogP contribution in [0.5, 0.6) is 0 Å². The molecular formula is C11H13N5O. The van der Waals surface area contributed by atoms with Gasteiger partial charge in [-0.3, -0.25) is 0 Å². The highest BCUT2D eigenvalue weighted by atomic mass is 16.1. The van der Waals surface area contributed by atoms with Gasteiger partial charge in [-0.2, -0.15) is 5.10 Å². The number of terminal acetylenes is 1. The molecule has 88 valence electrons. The van der Waals surface area contributed by atoms with Crippen molar-refractivity contribution < 1.29 is 0 Å². The number of hydrogen-bond donors (Lipinski definition) is 2. The van der Waals surface area contributed by atoms with Crippen molar-refractivity contribution in [3.05, 3.63) is 22.9 Å². The molecule has 0 fully saturated rings. The second-order valence-corrected chi connectivity index (χ2v) is 3.68. The van der Waals surface area contributed by atoms with E-state index in [9.17, 15) is 4.79 Å². The van der Waals surface area contributed by atoms with Gasteiger partial charge in [0.05, 0.1) is 6.04 Å². The van der Waals surface area contributed by atoms with E-state index in [1.54, 1.807) is 6.07 Å². The smallest absolute Gasteiger partial charge is 0.348 e. The quantitative estimate of drug-likeness (QED) is 0.757. The minimum absolute atomic E-state index is 0.0550. The summed E-state index contributed by atoms with van der Waals surface area (Å²) >= 11 is 0. The van der Waals surface area contributed by atoms with E-state index < -0.39 is 0 Å². The van der Waals surface area contributed by atoms with Crippen LogP contribution in [0.15, 0.2) is 17.2 Å². The Bertz CT molecular complexity index is 606. The Balaban J connectivity index is 2.25. The van der Waals surface area contributed by atoms with Gasteiger partial charge in [-0.1, -0.05) is 19.3 Å². The van der Waals surface area contributed by atoms with E-state index in [1.807, 2.05) is 0 Å². The first-order chi connectivity index (χ1) is 8.24. The van der Waals surface area contributed by atoms with E-state index in [0.717, 1.165) is 12.8 Å². The largest absolute Gasteiger partial charge is 0.356 e. The molecule has 0 aliphatic carbocycles. The summed E-state index contributed by atoms with van der Waals surface area (Å²) in [6, 6.07) is 1.62. The number of aromatic nitrogens is 4. The predicted molar refractivity (Wildman–Crippen MR) is 64.8 cm³/mol. The van der Waals surface area contributed by atoms with Gasteiger partial charge in [0.15, 0.2) is 5.65 Å². The number of nitrogens with one attached hydrogen (secondary N) is 2. The highest BCUT2D eigenvalue weighted by Crippen LogP contribution is 2.08. The Morgan fingerprint density at radius 3 is 3.24 bits per heavy atom. The summed E-state index contributed by atoms with van der Waals surface area (Å²) in [6.07, 6.45) is 8.69. The van der Waals surface area contributed by atoms with Crippen molar-refractivity contribution in [2.24, 2.45) is 0 Å². The predicted octanol–water partition coefficient (Wildman–Crippen LogP) is 0.631. The maximum atomic E-state index is 11.2. The lowest BCUT2D eigenvalue weighted by molar-refractivity contribution is 0.752. The van der Waals surface area contributed by atoms with Crippen molar-refractivity contribution in [3.8, 4) is 12.3 Å². The van der Waals surface area contributed by atoms with Gasteiger partial charge in [0, 0.05) is 6.07 Å². The van der Waals surface area contributed by atoms with E-state index in [1.165, 1.54) is 10.7 Å². The molecule has 0 bridgehead atoms. The molecule has 6 nitrogen and oxygen atoms in total. The van der Waals surface area contributed by atoms with E-state index in [4.69, 9.17) is 6.42 Å². The van der Waals surface area contributed by atoms with Gasteiger partial charge < -0.3 is 5.32 Å². The van der Waals surface area contributed by atoms with E-state index in [2.05, 4.69) is 33.3 Å². The summed E-state index contributed by atoms with van der Waals surface area (Å²) < 4.78 is 1.33. The van der Waals surface area contributed by atoms with Gasteiger partial charge in [-0.25, -0.2) is 19.3 Å². The van der Waals surface area contributed by atoms with E-state index in [0.29, 0.717) is 11.5 Å². The molecule has 2 aromatic heterocycles. The van der Waals surface area contributed by atoms with Crippen LogP contribution in [0.4, 0.5) is 5.82 Å². The summed E-state index contributed by atoms with van der Waals surface area (Å²) in [5.41, 5.74) is 0.209. The summed E-state index contributed by atoms with van der Waals surface area (Å²) in [5, 5.41) is 9.31. The van der Waals surface area contributed by atoms with E-state index >= 15 is 0 Å². The first-order valence-electron chi connectivity index (χ1n) is 5.40. The highest BCUT2D eigenvalue weighted by molar-refractivity contribution is 5.49. The molecule has 0 aliphatic heterocycles. The minimum Gasteiger partial charge on any atom is -0.356 e. The fourth-order valence-corrected chi connectivity index (χ4v) is 1.55. The lowest BCUT2D eigenvalue weighted by Gasteiger charge is -2.12. The molecule has 0 saturated carbocycles. The third-order valence-electron chi connectivity index (χ3n) is 2.41. The highest BCUT2D eigenvalue weighted by Gasteiger charge is 2.06. The van der Waals surface area contributed by atoms with Crippen LogP contribution >= 0.6 is 0 Å². The van der Waals surface area contributed by atoms with Crippen molar-refractivity contribution in [2.45, 2.75) is 25.8 Å². The molecule has 2 aromatic rings. The molecule has 0 saturated heterocycles. The molecule has 0 radical (unpaired) electrons. The summed E-state index contributed by atoms with van der Waals surface area (Å²) in [5.74, 6) is 3.28. The number of aromatic amines is 1. The van der Waals surface area contributed by atoms with Crippen molar-refractivity contribution in [2.75, 3.05) is 5.32 Å². The van der Waals surface area contributed by atoms with Gasteiger partial charge in [-0.05, 0) is 6.42 Å². The molecular weight excluding hydrogens is 218 g/mol. The Morgan fingerprint density at radius 1 is 1.71 bits per heavy atom. The normalized spacial score (nSPS) is 12.2. The van der Waals surface area contributed by atoms with Crippen LogP contribution in [0.25, 0.3) is 5.65 Å². The van der Waals surface area contributed by atoms with Crippen LogP contribution in [-0.2, 0) is 0 Å². The Morgan fingerprint density at radius 2 is 2.53 bits per heavy atom. The average Bonchev–Trinajstić information content (AvgIpc) is 2.70. The summed E-state index contributed by atoms with van der Waals surface area (Å²) in [4.78, 5) is 15.3. The first kappa shape index (κ1) is 11.2. The molecule has 1 unspecified atom stereocenters. The second kappa shape index (κ2) is 4.70. The molecule has 0 aliphatic rings. The first-order valence-corrected chi connectivity index (χ1v) is 5.40. The van der Waals surface area contributed by atoms with E-state index in [-0.39, 0.29) is 11.7 Å². The average molecular weight is 231 g/mol. The minimum atomic E-state index is -0.305. The van der Waals surface area contributed by atoms with Gasteiger partial charge >= 0.3 is 5.69 Å². The Kier molecular flexibility index (Phi) is 3.10. The molecule has 2 N–H and O–H groups in total. The molecule has 0 aromatic carbocycles. The van der Waals surface area contributed by atoms with Crippen molar-refractivity contribution in [3.63, 3.8) is 0 Å².